The van der Waals surface area contributed by atoms with E-state index in [2.05, 4.69) is 29.6 Å². The van der Waals surface area contributed by atoms with Gasteiger partial charge in [-0.25, -0.2) is 0 Å². The molecule has 2 saturated carbocycles. The number of hydrogen-bond acceptors (Lipinski definition) is 2. The molecular weight excluding hydrogens is 234 g/mol. The van der Waals surface area contributed by atoms with Gasteiger partial charge in [0.1, 0.15) is 0 Å². The molecule has 1 N–H and O–H groups in total. The minimum absolute atomic E-state index is 0.771. The molecule has 19 heavy (non-hydrogen) atoms. The maximum absolute atomic E-state index is 5.84. The highest BCUT2D eigenvalue weighted by Crippen LogP contribution is 2.25. The van der Waals surface area contributed by atoms with Crippen molar-refractivity contribution in [3.8, 4) is 0 Å². The maximum atomic E-state index is 5.84. The van der Waals surface area contributed by atoms with E-state index in [1.165, 1.54) is 49.7 Å². The second kappa shape index (κ2) is 6.53. The Morgan fingerprint density at radius 2 is 1.63 bits per heavy atom. The van der Waals surface area contributed by atoms with E-state index >= 15 is 0 Å². The molecule has 104 valence electrons. The Kier molecular flexibility index (Phi) is 4.52. The summed E-state index contributed by atoms with van der Waals surface area (Å²) in [6.45, 7) is 2.73. The monoisotopic (exact) mass is 259 g/mol. The van der Waals surface area contributed by atoms with Crippen LogP contribution < -0.4 is 5.32 Å². The third-order valence-corrected chi connectivity index (χ3v) is 4.29. The number of hydrogen-bond donors (Lipinski definition) is 1. The molecule has 3 rings (SSSR count). The van der Waals surface area contributed by atoms with Crippen LogP contribution in [-0.4, -0.2) is 12.6 Å². The van der Waals surface area contributed by atoms with E-state index in [0.717, 1.165) is 31.7 Å². The number of rotatable bonds is 7. The van der Waals surface area contributed by atoms with Crippen LogP contribution in [-0.2, 0) is 17.9 Å². The molecule has 0 aliphatic heterocycles. The van der Waals surface area contributed by atoms with Crippen molar-refractivity contribution < 1.29 is 4.74 Å². The second-order valence-electron chi connectivity index (χ2n) is 6.14. The van der Waals surface area contributed by atoms with E-state index in [4.69, 9.17) is 4.74 Å². The Balaban J connectivity index is 1.37. The molecule has 1 aromatic carbocycles. The predicted octanol–water partition coefficient (Wildman–Crippen LogP) is 3.65. The van der Waals surface area contributed by atoms with Crippen molar-refractivity contribution >= 4 is 0 Å². The lowest BCUT2D eigenvalue weighted by Gasteiger charge is -2.10. The first-order valence-electron chi connectivity index (χ1n) is 7.79. The molecule has 2 fully saturated rings. The van der Waals surface area contributed by atoms with Gasteiger partial charge in [0.05, 0.1) is 6.61 Å². The topological polar surface area (TPSA) is 21.3 Å². The molecule has 0 amide bonds. The first-order chi connectivity index (χ1) is 9.40. The fourth-order valence-corrected chi connectivity index (χ4v) is 2.82. The van der Waals surface area contributed by atoms with Gasteiger partial charge in [-0.2, -0.15) is 0 Å². The summed E-state index contributed by atoms with van der Waals surface area (Å²) in [6.07, 6.45) is 8.24. The summed E-state index contributed by atoms with van der Waals surface area (Å²) in [4.78, 5) is 0. The normalized spacial score (nSPS) is 20.0. The van der Waals surface area contributed by atoms with Gasteiger partial charge in [0.15, 0.2) is 0 Å². The molecule has 0 aromatic heterocycles. The van der Waals surface area contributed by atoms with Crippen LogP contribution in [0.2, 0.25) is 0 Å². The van der Waals surface area contributed by atoms with Crippen LogP contribution in [0.5, 0.6) is 0 Å². The lowest BCUT2D eigenvalue weighted by molar-refractivity contribution is 0.0889. The Bertz CT molecular complexity index is 377. The maximum Gasteiger partial charge on any atom is 0.0717 e. The molecular formula is C17H25NO. The molecule has 2 heteroatoms. The van der Waals surface area contributed by atoms with Crippen molar-refractivity contribution in [2.75, 3.05) is 6.61 Å². The Morgan fingerprint density at radius 1 is 0.947 bits per heavy atom. The van der Waals surface area contributed by atoms with E-state index in [0.29, 0.717) is 0 Å². The second-order valence-corrected chi connectivity index (χ2v) is 6.14. The highest BCUT2D eigenvalue weighted by Gasteiger charge is 2.19. The lowest BCUT2D eigenvalue weighted by atomic mass is 10.1. The number of ether oxygens (including phenoxy) is 1. The van der Waals surface area contributed by atoms with Gasteiger partial charge in [-0.15, -0.1) is 0 Å². The summed E-state index contributed by atoms with van der Waals surface area (Å²) in [6, 6.07) is 9.65. The minimum Gasteiger partial charge on any atom is -0.376 e. The van der Waals surface area contributed by atoms with E-state index in [9.17, 15) is 0 Å². The molecule has 0 unspecified atom stereocenters. The van der Waals surface area contributed by atoms with Gasteiger partial charge in [0.2, 0.25) is 0 Å². The van der Waals surface area contributed by atoms with Crippen LogP contribution in [0.4, 0.5) is 0 Å². The van der Waals surface area contributed by atoms with Crippen LogP contribution >= 0.6 is 0 Å². The Hall–Kier alpha value is -0.860. The van der Waals surface area contributed by atoms with E-state index < -0.39 is 0 Å². The molecule has 2 aliphatic carbocycles. The summed E-state index contributed by atoms with van der Waals surface area (Å²) in [5.41, 5.74) is 2.68. The molecule has 0 atom stereocenters. The smallest absolute Gasteiger partial charge is 0.0717 e. The third-order valence-electron chi connectivity index (χ3n) is 4.29. The van der Waals surface area contributed by atoms with Crippen LogP contribution in [0.3, 0.4) is 0 Å². The molecule has 2 nitrogen and oxygen atoms in total. The van der Waals surface area contributed by atoms with Crippen molar-refractivity contribution in [1.82, 2.24) is 5.32 Å². The zero-order valence-electron chi connectivity index (χ0n) is 11.7. The van der Waals surface area contributed by atoms with E-state index in [1.807, 2.05) is 0 Å². The van der Waals surface area contributed by atoms with Gasteiger partial charge in [-0.1, -0.05) is 37.1 Å². The highest BCUT2D eigenvalue weighted by atomic mass is 16.5. The SMILES string of the molecule is c1cc(COCC2CCCC2)ccc1CNC1CC1. The van der Waals surface area contributed by atoms with Crippen LogP contribution in [0.1, 0.15) is 49.7 Å². The Morgan fingerprint density at radius 3 is 2.32 bits per heavy atom. The van der Waals surface area contributed by atoms with Crippen molar-refractivity contribution in [2.24, 2.45) is 5.92 Å². The quantitative estimate of drug-likeness (QED) is 0.807. The van der Waals surface area contributed by atoms with Gasteiger partial charge < -0.3 is 10.1 Å². The third kappa shape index (κ3) is 4.32. The zero-order valence-corrected chi connectivity index (χ0v) is 11.7. The molecule has 0 radical (unpaired) electrons. The van der Waals surface area contributed by atoms with Crippen LogP contribution in [0.15, 0.2) is 24.3 Å². The fraction of sp³-hybridized carbons (Fsp3) is 0.647. The predicted molar refractivity (Wildman–Crippen MR) is 77.9 cm³/mol. The van der Waals surface area contributed by atoms with Crippen molar-refractivity contribution in [3.63, 3.8) is 0 Å². The van der Waals surface area contributed by atoms with Gasteiger partial charge in [0, 0.05) is 19.2 Å². The molecule has 0 spiro atoms. The summed E-state index contributed by atoms with van der Waals surface area (Å²) >= 11 is 0. The van der Waals surface area contributed by atoms with Crippen molar-refractivity contribution in [2.45, 2.75) is 57.7 Å². The van der Waals surface area contributed by atoms with E-state index in [-0.39, 0.29) is 0 Å². The number of benzene rings is 1. The van der Waals surface area contributed by atoms with Gasteiger partial charge in [-0.05, 0) is 42.7 Å². The largest absolute Gasteiger partial charge is 0.376 e. The average molecular weight is 259 g/mol. The fourth-order valence-electron chi connectivity index (χ4n) is 2.82. The molecule has 1 aromatic rings. The first-order valence-corrected chi connectivity index (χ1v) is 7.79. The first kappa shape index (κ1) is 13.1. The average Bonchev–Trinajstić information content (AvgIpc) is 3.13. The van der Waals surface area contributed by atoms with Gasteiger partial charge >= 0.3 is 0 Å². The summed E-state index contributed by atoms with van der Waals surface area (Å²) in [5.74, 6) is 0.821. The summed E-state index contributed by atoms with van der Waals surface area (Å²) < 4.78 is 5.84. The van der Waals surface area contributed by atoms with E-state index in [1.54, 1.807) is 0 Å². The minimum atomic E-state index is 0.771. The van der Waals surface area contributed by atoms with Crippen molar-refractivity contribution in [3.05, 3.63) is 35.4 Å². The van der Waals surface area contributed by atoms with Crippen LogP contribution in [0.25, 0.3) is 0 Å². The summed E-state index contributed by atoms with van der Waals surface area (Å²) in [7, 11) is 0. The van der Waals surface area contributed by atoms with Gasteiger partial charge in [-0.3, -0.25) is 0 Å². The molecule has 0 heterocycles. The van der Waals surface area contributed by atoms with Crippen LogP contribution in [0, 0.1) is 5.92 Å². The van der Waals surface area contributed by atoms with Crippen molar-refractivity contribution in [1.29, 1.82) is 0 Å². The van der Waals surface area contributed by atoms with Gasteiger partial charge in [0.25, 0.3) is 0 Å². The molecule has 0 saturated heterocycles. The molecule has 2 aliphatic rings. The highest BCUT2D eigenvalue weighted by molar-refractivity contribution is 5.22. The molecule has 0 bridgehead atoms. The number of nitrogens with one attached hydrogen (secondary N) is 1. The zero-order chi connectivity index (χ0) is 12.9. The lowest BCUT2D eigenvalue weighted by Crippen LogP contribution is -2.15. The Labute approximate surface area is 116 Å². The standard InChI is InChI=1S/C17H25NO/c1-2-4-15(3-1)12-19-13-16-7-5-14(6-8-16)11-18-17-9-10-17/h5-8,15,17-18H,1-4,9-13H2. The summed E-state index contributed by atoms with van der Waals surface area (Å²) in [5, 5.41) is 3.54.